The number of hydrogen-bond donors (Lipinski definition) is 1. The van der Waals surface area contributed by atoms with Gasteiger partial charge in [0.2, 0.25) is 0 Å². The van der Waals surface area contributed by atoms with Crippen molar-refractivity contribution in [3.63, 3.8) is 0 Å². The minimum absolute atomic E-state index is 0.483. The number of fused-ring (bicyclic) bond motifs is 1. The molecule has 1 aromatic carbocycles. The van der Waals surface area contributed by atoms with Gasteiger partial charge in [0.05, 0.1) is 10.2 Å². The summed E-state index contributed by atoms with van der Waals surface area (Å²) in [5.41, 5.74) is 1.13. The van der Waals surface area contributed by atoms with Gasteiger partial charge in [-0.05, 0) is 31.2 Å². The fraction of sp³-hybridized carbons (Fsp3) is 0.533. The van der Waals surface area contributed by atoms with Crippen LogP contribution in [0.25, 0.3) is 10.2 Å². The monoisotopic (exact) mass is 292 g/mol. The Morgan fingerprint density at radius 3 is 2.84 bits per heavy atom. The number of benzene rings is 1. The van der Waals surface area contributed by atoms with Gasteiger partial charge in [0.25, 0.3) is 0 Å². The zero-order valence-corrected chi connectivity index (χ0v) is 12.9. The van der Waals surface area contributed by atoms with Crippen LogP contribution < -0.4 is 5.32 Å². The highest BCUT2D eigenvalue weighted by molar-refractivity contribution is 8.00. The van der Waals surface area contributed by atoms with Crippen LogP contribution in [0.1, 0.15) is 30.7 Å². The molecule has 0 saturated heterocycles. The Bertz CT molecular complexity index is 511. The molecule has 0 radical (unpaired) electrons. The average molecular weight is 292 g/mol. The first kappa shape index (κ1) is 13.4. The van der Waals surface area contributed by atoms with Gasteiger partial charge in [-0.3, -0.25) is 0 Å². The predicted molar refractivity (Wildman–Crippen MR) is 86.0 cm³/mol. The Hall–Kier alpha value is -0.580. The number of thioether (sulfide) groups is 1. The number of para-hydroxylation sites is 1. The molecule has 1 aliphatic carbocycles. The summed E-state index contributed by atoms with van der Waals surface area (Å²) in [6.45, 7) is 2.02. The second-order valence-corrected chi connectivity index (χ2v) is 7.66. The third-order valence-electron chi connectivity index (χ3n) is 4.01. The Morgan fingerprint density at radius 1 is 1.32 bits per heavy atom. The maximum atomic E-state index is 4.67. The van der Waals surface area contributed by atoms with Crippen molar-refractivity contribution in [1.29, 1.82) is 0 Å². The van der Waals surface area contributed by atoms with Crippen LogP contribution in [0.3, 0.4) is 0 Å². The number of hydrogen-bond acceptors (Lipinski definition) is 4. The van der Waals surface area contributed by atoms with Crippen LogP contribution in [0.15, 0.2) is 24.3 Å². The van der Waals surface area contributed by atoms with Gasteiger partial charge >= 0.3 is 0 Å². The van der Waals surface area contributed by atoms with Crippen LogP contribution in [0.4, 0.5) is 0 Å². The molecule has 102 valence electrons. The predicted octanol–water partition coefficient (Wildman–Crippen LogP) is 4.06. The molecule has 4 heteroatoms. The van der Waals surface area contributed by atoms with E-state index in [1.54, 1.807) is 11.3 Å². The number of thiazole rings is 1. The van der Waals surface area contributed by atoms with Crippen molar-refractivity contribution >= 4 is 33.3 Å². The van der Waals surface area contributed by atoms with E-state index in [0.29, 0.717) is 4.75 Å². The molecular formula is C15H20N2S2. The van der Waals surface area contributed by atoms with E-state index in [1.807, 2.05) is 11.8 Å². The van der Waals surface area contributed by atoms with Crippen LogP contribution in [0, 0.1) is 0 Å². The maximum Gasteiger partial charge on any atom is 0.108 e. The smallest absolute Gasteiger partial charge is 0.108 e. The highest BCUT2D eigenvalue weighted by Gasteiger charge is 2.32. The van der Waals surface area contributed by atoms with E-state index in [9.17, 15) is 0 Å². The fourth-order valence-electron chi connectivity index (χ4n) is 2.87. The minimum atomic E-state index is 0.483. The van der Waals surface area contributed by atoms with Crippen LogP contribution >= 0.6 is 23.1 Å². The van der Waals surface area contributed by atoms with Crippen LogP contribution in [0.2, 0.25) is 0 Å². The van der Waals surface area contributed by atoms with Crippen molar-refractivity contribution in [2.24, 2.45) is 0 Å². The molecule has 1 aliphatic rings. The molecule has 0 aliphatic heterocycles. The normalized spacial score (nSPS) is 18.2. The van der Waals surface area contributed by atoms with E-state index >= 15 is 0 Å². The van der Waals surface area contributed by atoms with E-state index < -0.39 is 0 Å². The quantitative estimate of drug-likeness (QED) is 0.899. The van der Waals surface area contributed by atoms with Crippen molar-refractivity contribution in [3.05, 3.63) is 29.3 Å². The van der Waals surface area contributed by atoms with Gasteiger partial charge in [0.1, 0.15) is 5.01 Å². The molecule has 2 nitrogen and oxygen atoms in total. The summed E-state index contributed by atoms with van der Waals surface area (Å²) in [6, 6.07) is 8.38. The lowest BCUT2D eigenvalue weighted by atomic mass is 10.1. The number of aromatic nitrogens is 1. The fourth-order valence-corrected chi connectivity index (χ4v) is 4.75. The summed E-state index contributed by atoms with van der Waals surface area (Å²) in [4.78, 5) is 4.67. The first-order chi connectivity index (χ1) is 9.31. The molecule has 1 saturated carbocycles. The molecule has 1 N–H and O–H groups in total. The average Bonchev–Trinajstić information content (AvgIpc) is 3.05. The van der Waals surface area contributed by atoms with E-state index in [4.69, 9.17) is 0 Å². The van der Waals surface area contributed by atoms with E-state index in [1.165, 1.54) is 35.4 Å². The Morgan fingerprint density at radius 2 is 2.11 bits per heavy atom. The van der Waals surface area contributed by atoms with E-state index in [-0.39, 0.29) is 0 Å². The number of nitrogens with one attached hydrogen (secondary N) is 1. The van der Waals surface area contributed by atoms with Gasteiger partial charge in [-0.25, -0.2) is 4.98 Å². The van der Waals surface area contributed by atoms with E-state index in [2.05, 4.69) is 40.8 Å². The SMILES string of the molecule is CSC1(CNCc2nc3ccccc3s2)CCCC1. The summed E-state index contributed by atoms with van der Waals surface area (Å²) in [5, 5.41) is 4.83. The van der Waals surface area contributed by atoms with E-state index in [0.717, 1.165) is 18.6 Å². The molecule has 2 aromatic rings. The summed E-state index contributed by atoms with van der Waals surface area (Å²) in [6.07, 6.45) is 7.76. The van der Waals surface area contributed by atoms with Gasteiger partial charge in [-0.1, -0.05) is 25.0 Å². The number of rotatable bonds is 5. The molecule has 0 bridgehead atoms. The van der Waals surface area contributed by atoms with Crippen molar-refractivity contribution < 1.29 is 0 Å². The summed E-state index contributed by atoms with van der Waals surface area (Å²) in [7, 11) is 0. The lowest BCUT2D eigenvalue weighted by Crippen LogP contribution is -2.34. The standard InChI is InChI=1S/C15H20N2S2/c1-18-15(8-4-5-9-15)11-16-10-14-17-12-6-2-3-7-13(12)19-14/h2-3,6-7,16H,4-5,8-11H2,1H3. The molecule has 3 rings (SSSR count). The van der Waals surface area contributed by atoms with Gasteiger partial charge in [-0.15, -0.1) is 11.3 Å². The topological polar surface area (TPSA) is 24.9 Å². The molecule has 0 atom stereocenters. The molecule has 1 aromatic heterocycles. The highest BCUT2D eigenvalue weighted by Crippen LogP contribution is 2.39. The number of nitrogens with zero attached hydrogens (tertiary/aromatic N) is 1. The highest BCUT2D eigenvalue weighted by atomic mass is 32.2. The lowest BCUT2D eigenvalue weighted by molar-refractivity contribution is 0.533. The zero-order valence-electron chi connectivity index (χ0n) is 11.3. The van der Waals surface area contributed by atoms with Gasteiger partial charge in [-0.2, -0.15) is 11.8 Å². The van der Waals surface area contributed by atoms with Crippen LogP contribution in [0.5, 0.6) is 0 Å². The largest absolute Gasteiger partial charge is 0.309 e. The minimum Gasteiger partial charge on any atom is -0.309 e. The second-order valence-electron chi connectivity index (χ2n) is 5.27. The molecule has 0 amide bonds. The molecular weight excluding hydrogens is 272 g/mol. The van der Waals surface area contributed by atoms with Crippen LogP contribution in [-0.4, -0.2) is 22.5 Å². The lowest BCUT2D eigenvalue weighted by Gasteiger charge is -2.26. The molecule has 1 fully saturated rings. The third kappa shape index (κ3) is 2.96. The van der Waals surface area contributed by atoms with Crippen molar-refractivity contribution in [2.75, 3.05) is 12.8 Å². The molecule has 19 heavy (non-hydrogen) atoms. The maximum absolute atomic E-state index is 4.67. The Balaban J connectivity index is 1.60. The zero-order chi connectivity index (χ0) is 13.1. The van der Waals surface area contributed by atoms with Gasteiger partial charge in [0, 0.05) is 17.8 Å². The summed E-state index contributed by atoms with van der Waals surface area (Å²) < 4.78 is 1.77. The summed E-state index contributed by atoms with van der Waals surface area (Å²) >= 11 is 3.85. The third-order valence-corrected chi connectivity index (χ3v) is 6.46. The molecule has 0 spiro atoms. The van der Waals surface area contributed by atoms with Crippen molar-refractivity contribution in [2.45, 2.75) is 37.0 Å². The molecule has 1 heterocycles. The van der Waals surface area contributed by atoms with Gasteiger partial charge in [0.15, 0.2) is 0 Å². The second kappa shape index (κ2) is 5.81. The van der Waals surface area contributed by atoms with Crippen molar-refractivity contribution in [1.82, 2.24) is 10.3 Å². The summed E-state index contributed by atoms with van der Waals surface area (Å²) in [5.74, 6) is 0. The Labute approximate surface area is 123 Å². The van der Waals surface area contributed by atoms with Crippen LogP contribution in [-0.2, 0) is 6.54 Å². The van der Waals surface area contributed by atoms with Gasteiger partial charge < -0.3 is 5.32 Å². The van der Waals surface area contributed by atoms with Crippen molar-refractivity contribution in [3.8, 4) is 0 Å². The Kier molecular flexibility index (Phi) is 4.10. The first-order valence-electron chi connectivity index (χ1n) is 6.92. The molecule has 0 unspecified atom stereocenters. The first-order valence-corrected chi connectivity index (χ1v) is 8.96.